The first-order valence-corrected chi connectivity index (χ1v) is 7.20. The monoisotopic (exact) mass is 262 g/mol. The minimum absolute atomic E-state index is 0.255. The molecule has 0 N–H and O–H groups in total. The fraction of sp³-hybridized carbons (Fsp3) is 0.625. The van der Waals surface area contributed by atoms with E-state index < -0.39 is 0 Å². The highest BCUT2D eigenvalue weighted by Crippen LogP contribution is 2.39. The van der Waals surface area contributed by atoms with Crippen LogP contribution in [0, 0.1) is 5.92 Å². The van der Waals surface area contributed by atoms with Gasteiger partial charge in [0.2, 0.25) is 0 Å². The highest BCUT2D eigenvalue weighted by molar-refractivity contribution is 5.27. The summed E-state index contributed by atoms with van der Waals surface area (Å²) in [5.41, 5.74) is 1.35. The van der Waals surface area contributed by atoms with E-state index in [0.29, 0.717) is 5.92 Å². The molecule has 0 amide bonds. The van der Waals surface area contributed by atoms with Crippen LogP contribution in [0.25, 0.3) is 0 Å². The van der Waals surface area contributed by atoms with Crippen LogP contribution in [0.3, 0.4) is 0 Å². The average Bonchev–Trinajstić information content (AvgIpc) is 2.83. The maximum Gasteiger partial charge on any atom is 0.168 e. The van der Waals surface area contributed by atoms with E-state index in [4.69, 9.17) is 14.2 Å². The van der Waals surface area contributed by atoms with Crippen LogP contribution in [-0.4, -0.2) is 26.1 Å². The van der Waals surface area contributed by atoms with Crippen molar-refractivity contribution in [3.05, 3.63) is 29.8 Å². The van der Waals surface area contributed by atoms with Crippen LogP contribution in [0.1, 0.15) is 31.2 Å². The Morgan fingerprint density at radius 1 is 1.21 bits per heavy atom. The van der Waals surface area contributed by atoms with Crippen molar-refractivity contribution in [2.24, 2.45) is 5.92 Å². The first-order chi connectivity index (χ1) is 9.30. The molecule has 2 saturated heterocycles. The highest BCUT2D eigenvalue weighted by Gasteiger charge is 2.42. The smallest absolute Gasteiger partial charge is 0.168 e. The van der Waals surface area contributed by atoms with Gasteiger partial charge in [0.15, 0.2) is 5.79 Å². The number of benzene rings is 1. The second kappa shape index (κ2) is 5.51. The van der Waals surface area contributed by atoms with Crippen LogP contribution in [0.5, 0.6) is 5.75 Å². The topological polar surface area (TPSA) is 27.7 Å². The zero-order valence-corrected chi connectivity index (χ0v) is 11.6. The summed E-state index contributed by atoms with van der Waals surface area (Å²) in [5.74, 6) is 1.24. The normalized spacial score (nSPS) is 30.7. The molecule has 0 bridgehead atoms. The van der Waals surface area contributed by atoms with Crippen molar-refractivity contribution in [3.63, 3.8) is 0 Å². The number of ether oxygens (including phenoxy) is 3. The Morgan fingerprint density at radius 3 is 2.74 bits per heavy atom. The van der Waals surface area contributed by atoms with Crippen LogP contribution in [0.4, 0.5) is 0 Å². The van der Waals surface area contributed by atoms with Crippen LogP contribution < -0.4 is 4.74 Å². The molecule has 1 spiro atoms. The molecular formula is C16H22O3. The van der Waals surface area contributed by atoms with E-state index in [9.17, 15) is 0 Å². The minimum Gasteiger partial charge on any atom is -0.497 e. The Balaban J connectivity index is 1.58. The lowest BCUT2D eigenvalue weighted by atomic mass is 9.92. The zero-order valence-electron chi connectivity index (χ0n) is 11.6. The molecule has 3 heteroatoms. The van der Waals surface area contributed by atoms with Gasteiger partial charge in [-0.2, -0.15) is 0 Å². The van der Waals surface area contributed by atoms with Gasteiger partial charge in [0, 0.05) is 12.8 Å². The average molecular weight is 262 g/mol. The second-order valence-electron chi connectivity index (χ2n) is 5.65. The molecule has 0 aliphatic carbocycles. The second-order valence-corrected chi connectivity index (χ2v) is 5.65. The molecule has 2 heterocycles. The molecule has 104 valence electrons. The Morgan fingerprint density at radius 2 is 2.05 bits per heavy atom. The van der Waals surface area contributed by atoms with Gasteiger partial charge in [-0.15, -0.1) is 0 Å². The van der Waals surface area contributed by atoms with Gasteiger partial charge in [0.25, 0.3) is 0 Å². The maximum atomic E-state index is 5.96. The standard InChI is InChI=1S/C16H22O3/c1-17-15-6-4-13(5-7-15)10-14-11-16(19-12-14)8-2-3-9-18-16/h4-7,14H,2-3,8-12H2,1H3/t14-,16-/m1/s1. The van der Waals surface area contributed by atoms with E-state index in [1.54, 1.807) is 7.11 Å². The fourth-order valence-electron chi connectivity index (χ4n) is 3.16. The molecule has 2 aliphatic heterocycles. The summed E-state index contributed by atoms with van der Waals surface area (Å²) in [5, 5.41) is 0. The molecule has 19 heavy (non-hydrogen) atoms. The van der Waals surface area contributed by atoms with Crippen molar-refractivity contribution >= 4 is 0 Å². The van der Waals surface area contributed by atoms with Gasteiger partial charge >= 0.3 is 0 Å². The number of hydrogen-bond donors (Lipinski definition) is 0. The van der Waals surface area contributed by atoms with Crippen molar-refractivity contribution < 1.29 is 14.2 Å². The lowest BCUT2D eigenvalue weighted by Gasteiger charge is -2.32. The first kappa shape index (κ1) is 12.9. The van der Waals surface area contributed by atoms with Gasteiger partial charge in [0.1, 0.15) is 5.75 Å². The first-order valence-electron chi connectivity index (χ1n) is 7.20. The summed E-state index contributed by atoms with van der Waals surface area (Å²) in [6.45, 7) is 1.68. The molecule has 2 aliphatic rings. The summed E-state index contributed by atoms with van der Waals surface area (Å²) < 4.78 is 17.0. The van der Waals surface area contributed by atoms with Crippen molar-refractivity contribution in [1.29, 1.82) is 0 Å². The molecule has 1 aromatic rings. The lowest BCUT2D eigenvalue weighted by Crippen LogP contribution is -2.35. The van der Waals surface area contributed by atoms with Gasteiger partial charge in [-0.25, -0.2) is 0 Å². The molecule has 0 aromatic heterocycles. The van der Waals surface area contributed by atoms with Crippen LogP contribution in [0.15, 0.2) is 24.3 Å². The van der Waals surface area contributed by atoms with E-state index in [-0.39, 0.29) is 5.79 Å². The predicted octanol–water partition coefficient (Wildman–Crippen LogP) is 3.17. The van der Waals surface area contributed by atoms with Gasteiger partial charge in [-0.1, -0.05) is 12.1 Å². The van der Waals surface area contributed by atoms with Crippen LogP contribution in [0.2, 0.25) is 0 Å². The van der Waals surface area contributed by atoms with Gasteiger partial charge in [0.05, 0.1) is 20.3 Å². The van der Waals surface area contributed by atoms with Crippen molar-refractivity contribution in [3.8, 4) is 5.75 Å². The Kier molecular flexibility index (Phi) is 3.76. The predicted molar refractivity (Wildman–Crippen MR) is 73.3 cm³/mol. The lowest BCUT2D eigenvalue weighted by molar-refractivity contribution is -0.229. The summed E-state index contributed by atoms with van der Waals surface area (Å²) in [7, 11) is 1.70. The van der Waals surface area contributed by atoms with Crippen molar-refractivity contribution in [2.75, 3.05) is 20.3 Å². The van der Waals surface area contributed by atoms with E-state index >= 15 is 0 Å². The SMILES string of the molecule is COc1ccc(C[C@H]2CO[C@]3(CCCCO3)C2)cc1. The van der Waals surface area contributed by atoms with E-state index in [0.717, 1.165) is 38.2 Å². The van der Waals surface area contributed by atoms with Gasteiger partial charge in [-0.3, -0.25) is 0 Å². The minimum atomic E-state index is -0.255. The molecule has 2 fully saturated rings. The largest absolute Gasteiger partial charge is 0.497 e. The molecule has 2 atom stereocenters. The fourth-order valence-corrected chi connectivity index (χ4v) is 3.16. The third-order valence-corrected chi connectivity index (χ3v) is 4.18. The number of hydrogen-bond acceptors (Lipinski definition) is 3. The van der Waals surface area contributed by atoms with E-state index in [2.05, 4.69) is 12.1 Å². The zero-order chi connectivity index (χ0) is 13.1. The molecule has 0 saturated carbocycles. The van der Waals surface area contributed by atoms with Crippen LogP contribution in [-0.2, 0) is 15.9 Å². The summed E-state index contributed by atoms with van der Waals surface area (Å²) in [6, 6.07) is 8.34. The third kappa shape index (κ3) is 2.93. The third-order valence-electron chi connectivity index (χ3n) is 4.18. The molecule has 1 aromatic carbocycles. The summed E-state index contributed by atoms with van der Waals surface area (Å²) >= 11 is 0. The summed E-state index contributed by atoms with van der Waals surface area (Å²) in [4.78, 5) is 0. The van der Waals surface area contributed by atoms with E-state index in [1.807, 2.05) is 12.1 Å². The molecule has 3 rings (SSSR count). The van der Waals surface area contributed by atoms with Gasteiger partial charge < -0.3 is 14.2 Å². The Hall–Kier alpha value is -1.06. The van der Waals surface area contributed by atoms with Gasteiger partial charge in [-0.05, 0) is 42.9 Å². The molecule has 3 nitrogen and oxygen atoms in total. The quantitative estimate of drug-likeness (QED) is 0.837. The maximum absolute atomic E-state index is 5.96. The molecule has 0 radical (unpaired) electrons. The summed E-state index contributed by atoms with van der Waals surface area (Å²) in [6.07, 6.45) is 5.57. The Bertz CT molecular complexity index is 407. The van der Waals surface area contributed by atoms with Crippen molar-refractivity contribution in [1.82, 2.24) is 0 Å². The Labute approximate surface area is 114 Å². The highest BCUT2D eigenvalue weighted by atomic mass is 16.7. The molecular weight excluding hydrogens is 240 g/mol. The number of rotatable bonds is 3. The number of methoxy groups -OCH3 is 1. The van der Waals surface area contributed by atoms with E-state index in [1.165, 1.54) is 18.4 Å². The van der Waals surface area contributed by atoms with Crippen molar-refractivity contribution in [2.45, 2.75) is 37.9 Å². The molecule has 0 unspecified atom stereocenters. The van der Waals surface area contributed by atoms with Crippen LogP contribution >= 0.6 is 0 Å².